The van der Waals surface area contributed by atoms with Crippen molar-refractivity contribution >= 4 is 27.6 Å². The van der Waals surface area contributed by atoms with Gasteiger partial charge in [-0.2, -0.15) is 0 Å². The van der Waals surface area contributed by atoms with E-state index < -0.39 is 33.3 Å². The maximum absolute atomic E-state index is 15.3. The van der Waals surface area contributed by atoms with Crippen LogP contribution < -0.4 is 16.6 Å². The van der Waals surface area contributed by atoms with Crippen molar-refractivity contribution in [2.24, 2.45) is 10.9 Å². The number of amides is 1. The number of rotatable bonds is 6. The molecule has 0 heterocycles. The van der Waals surface area contributed by atoms with Crippen LogP contribution in [0.15, 0.2) is 53.4 Å². The number of carboxylic acids is 1. The summed E-state index contributed by atoms with van der Waals surface area (Å²) in [5.74, 6) is -1.03. The molecule has 0 saturated heterocycles. The fourth-order valence-electron chi connectivity index (χ4n) is 3.42. The second-order valence-corrected chi connectivity index (χ2v) is 8.63. The van der Waals surface area contributed by atoms with E-state index in [9.17, 15) is 23.1 Å². The molecule has 33 heavy (non-hydrogen) atoms. The zero-order valence-corrected chi connectivity index (χ0v) is 17.8. The van der Waals surface area contributed by atoms with Crippen molar-refractivity contribution in [1.82, 2.24) is 0 Å². The number of carbonyl (C=O) groups excluding carboxylic acids is 1. The molecule has 0 saturated carbocycles. The van der Waals surface area contributed by atoms with Gasteiger partial charge in [0.1, 0.15) is 5.82 Å². The van der Waals surface area contributed by atoms with E-state index in [0.717, 1.165) is 6.07 Å². The average Bonchev–Trinajstić information content (AvgIpc) is 2.73. The molecule has 3 aromatic rings. The van der Waals surface area contributed by atoms with Gasteiger partial charge in [0.25, 0.3) is 5.91 Å². The summed E-state index contributed by atoms with van der Waals surface area (Å²) in [4.78, 5) is 23.4. The fourth-order valence-corrected chi connectivity index (χ4v) is 3.93. The van der Waals surface area contributed by atoms with Gasteiger partial charge in [-0.05, 0) is 47.0 Å². The molecule has 1 amide bonds. The van der Waals surface area contributed by atoms with Crippen LogP contribution in [0.5, 0.6) is 0 Å². The highest BCUT2D eigenvalue weighted by Crippen LogP contribution is 2.37. The Bertz CT molecular complexity index is 1440. The van der Waals surface area contributed by atoms with Crippen LogP contribution in [0.25, 0.3) is 22.3 Å². The number of terminal acetylenes is 1. The normalized spacial score (nSPS) is 11.1. The Hall–Kier alpha value is -4.20. The Labute approximate surface area is 188 Å². The largest absolute Gasteiger partial charge is 0.478 e. The lowest BCUT2D eigenvalue weighted by Gasteiger charge is -2.16. The van der Waals surface area contributed by atoms with E-state index in [-0.39, 0.29) is 39.3 Å². The van der Waals surface area contributed by atoms with Crippen LogP contribution in [0.1, 0.15) is 26.3 Å². The van der Waals surface area contributed by atoms with E-state index in [1.54, 1.807) is 0 Å². The topological polar surface area (TPSA) is 167 Å². The first-order valence-electron chi connectivity index (χ1n) is 9.30. The van der Waals surface area contributed by atoms with Crippen molar-refractivity contribution < 1.29 is 27.5 Å². The van der Waals surface area contributed by atoms with E-state index >= 15 is 4.39 Å². The standard InChI is InChI=1S/C23H18FN3O5S/c1-2-3-13-6-9-16(23(29)30)20(24)19(13)14-10-17(21(25)18(11-14)22(26)28)12-4-7-15(8-5-12)33(27,31)32/h1,4-11H,3,25H2,(H2,26,28)(H,29,30)(H2,27,31,32). The average molecular weight is 467 g/mol. The van der Waals surface area contributed by atoms with Gasteiger partial charge in [-0.25, -0.2) is 22.7 Å². The molecule has 7 N–H and O–H groups in total. The Morgan fingerprint density at radius 2 is 1.67 bits per heavy atom. The number of carboxylic acid groups (broad SMARTS) is 1. The summed E-state index contributed by atoms with van der Waals surface area (Å²) in [5, 5.41) is 14.5. The third-order valence-corrected chi connectivity index (χ3v) is 5.91. The first-order valence-corrected chi connectivity index (χ1v) is 10.9. The van der Waals surface area contributed by atoms with Crippen LogP contribution in [0, 0.1) is 18.2 Å². The van der Waals surface area contributed by atoms with E-state index in [1.165, 1.54) is 42.5 Å². The Morgan fingerprint density at radius 1 is 1.03 bits per heavy atom. The molecule has 0 radical (unpaired) electrons. The number of primary amides is 1. The molecule has 0 unspecified atom stereocenters. The van der Waals surface area contributed by atoms with Crippen LogP contribution in [0.2, 0.25) is 0 Å². The predicted molar refractivity (Wildman–Crippen MR) is 121 cm³/mol. The van der Waals surface area contributed by atoms with E-state index in [4.69, 9.17) is 23.0 Å². The van der Waals surface area contributed by atoms with E-state index in [2.05, 4.69) is 5.92 Å². The summed E-state index contributed by atoms with van der Waals surface area (Å²) in [6.45, 7) is 0. The van der Waals surface area contributed by atoms with Gasteiger partial charge >= 0.3 is 5.97 Å². The first-order chi connectivity index (χ1) is 15.5. The van der Waals surface area contributed by atoms with Gasteiger partial charge in [0.05, 0.1) is 21.7 Å². The highest BCUT2D eigenvalue weighted by molar-refractivity contribution is 7.89. The molecule has 10 heteroatoms. The Balaban J connectivity index is 2.35. The molecule has 3 aromatic carbocycles. The lowest BCUT2D eigenvalue weighted by molar-refractivity contribution is 0.0691. The molecule has 0 bridgehead atoms. The quantitative estimate of drug-likeness (QED) is 0.321. The second-order valence-electron chi connectivity index (χ2n) is 7.07. The number of halogens is 1. The molecule has 0 fully saturated rings. The number of carbonyl (C=O) groups is 2. The van der Waals surface area contributed by atoms with Gasteiger partial charge < -0.3 is 16.6 Å². The smallest absolute Gasteiger partial charge is 0.338 e. The lowest BCUT2D eigenvalue weighted by Crippen LogP contribution is -2.15. The highest BCUT2D eigenvalue weighted by Gasteiger charge is 2.22. The summed E-state index contributed by atoms with van der Waals surface area (Å²) in [5.41, 5.74) is 11.8. The molecular weight excluding hydrogens is 449 g/mol. The minimum atomic E-state index is -3.94. The van der Waals surface area contributed by atoms with Crippen LogP contribution >= 0.6 is 0 Å². The SMILES string of the molecule is C#CCc1ccc(C(=O)O)c(F)c1-c1cc(C(N)=O)c(N)c(-c2ccc(S(N)(=O)=O)cc2)c1. The molecule has 3 rings (SSSR count). The number of hydrogen-bond donors (Lipinski definition) is 4. The number of nitrogens with two attached hydrogens (primary N) is 3. The maximum Gasteiger partial charge on any atom is 0.338 e. The zero-order valence-electron chi connectivity index (χ0n) is 17.0. The van der Waals surface area contributed by atoms with Gasteiger partial charge in [0, 0.05) is 17.5 Å². The molecule has 0 aliphatic carbocycles. The third-order valence-electron chi connectivity index (χ3n) is 4.98. The number of hydrogen-bond acceptors (Lipinski definition) is 5. The molecular formula is C23H18FN3O5S. The fraction of sp³-hybridized carbons (Fsp3) is 0.0435. The highest BCUT2D eigenvalue weighted by atomic mass is 32.2. The number of aromatic carboxylic acids is 1. The van der Waals surface area contributed by atoms with Crippen molar-refractivity contribution in [1.29, 1.82) is 0 Å². The molecule has 0 aliphatic rings. The Morgan fingerprint density at radius 3 is 2.18 bits per heavy atom. The van der Waals surface area contributed by atoms with Gasteiger partial charge in [-0.1, -0.05) is 18.2 Å². The van der Waals surface area contributed by atoms with Crippen molar-refractivity contribution in [3.05, 3.63) is 71.0 Å². The zero-order chi connectivity index (χ0) is 24.5. The summed E-state index contributed by atoms with van der Waals surface area (Å²) >= 11 is 0. The van der Waals surface area contributed by atoms with Crippen LogP contribution in [-0.2, 0) is 16.4 Å². The van der Waals surface area contributed by atoms with Crippen LogP contribution in [-0.4, -0.2) is 25.4 Å². The van der Waals surface area contributed by atoms with Gasteiger partial charge in [-0.15, -0.1) is 12.3 Å². The van der Waals surface area contributed by atoms with E-state index in [0.29, 0.717) is 11.1 Å². The van der Waals surface area contributed by atoms with Gasteiger partial charge in [0.2, 0.25) is 10.0 Å². The molecule has 0 aliphatic heterocycles. The van der Waals surface area contributed by atoms with Crippen molar-refractivity contribution in [2.45, 2.75) is 11.3 Å². The summed E-state index contributed by atoms with van der Waals surface area (Å²) in [6, 6.07) is 10.5. The minimum Gasteiger partial charge on any atom is -0.478 e. The second kappa shape index (κ2) is 8.74. The van der Waals surface area contributed by atoms with Crippen molar-refractivity contribution in [2.75, 3.05) is 5.73 Å². The third kappa shape index (κ3) is 4.55. The van der Waals surface area contributed by atoms with Crippen LogP contribution in [0.3, 0.4) is 0 Å². The lowest BCUT2D eigenvalue weighted by atomic mass is 9.89. The van der Waals surface area contributed by atoms with E-state index in [1.807, 2.05) is 0 Å². The van der Waals surface area contributed by atoms with Crippen molar-refractivity contribution in [3.63, 3.8) is 0 Å². The monoisotopic (exact) mass is 467 g/mol. The summed E-state index contributed by atoms with van der Waals surface area (Å²) in [7, 11) is -3.94. The number of primary sulfonamides is 1. The number of sulfonamides is 1. The van der Waals surface area contributed by atoms with Gasteiger partial charge in [-0.3, -0.25) is 4.79 Å². The molecule has 8 nitrogen and oxygen atoms in total. The number of anilines is 1. The van der Waals surface area contributed by atoms with Crippen molar-refractivity contribution in [3.8, 4) is 34.6 Å². The molecule has 168 valence electrons. The van der Waals surface area contributed by atoms with Gasteiger partial charge in [0.15, 0.2) is 0 Å². The summed E-state index contributed by atoms with van der Waals surface area (Å²) < 4.78 is 38.3. The number of benzene rings is 3. The maximum atomic E-state index is 15.3. The molecule has 0 spiro atoms. The first kappa shape index (κ1) is 23.5. The number of nitrogen functional groups attached to an aromatic ring is 1. The minimum absolute atomic E-state index is 0.0131. The Kier molecular flexibility index (Phi) is 6.21. The molecule has 0 atom stereocenters. The predicted octanol–water partition coefficient (Wildman–Crippen LogP) is 2.36. The van der Waals surface area contributed by atoms with Crippen LogP contribution in [0.4, 0.5) is 10.1 Å². The summed E-state index contributed by atoms with van der Waals surface area (Å²) in [6.07, 6.45) is 5.37. The molecule has 0 aromatic heterocycles.